The highest BCUT2D eigenvalue weighted by Gasteiger charge is 2.13. The Labute approximate surface area is 237 Å². The van der Waals surface area contributed by atoms with Crippen LogP contribution in [0.25, 0.3) is 22.2 Å². The van der Waals surface area contributed by atoms with E-state index >= 15 is 0 Å². The van der Waals surface area contributed by atoms with Crippen LogP contribution in [0.5, 0.6) is 0 Å². The molecule has 0 unspecified atom stereocenters. The van der Waals surface area contributed by atoms with Gasteiger partial charge in [0.15, 0.2) is 0 Å². The largest absolute Gasteiger partial charge is 0.460 e. The predicted octanol–water partition coefficient (Wildman–Crippen LogP) is 5.32. The van der Waals surface area contributed by atoms with E-state index in [4.69, 9.17) is 20.3 Å². The van der Waals surface area contributed by atoms with E-state index < -0.39 is 11.9 Å². The van der Waals surface area contributed by atoms with Gasteiger partial charge in [0, 0.05) is 29.3 Å². The first kappa shape index (κ1) is 27.3. The molecule has 4 N–H and O–H groups in total. The standard InChI is InChI=1S/C32H29N5O4/c1-21-18-25(10-11-26(21)31(38)37-41-17-16-40-32(39)23-6-3-2-4-7-23)29-14-12-27(33)30(36-29)35-20-22-9-13-28-24(19-22)8-5-15-34-28/h2-15,18-19H,16-17,20,33H2,1H3,(H,35,36)(H,37,38). The SMILES string of the molecule is Cc1cc(-c2ccc(N)c(NCc3ccc4ncccc4c3)n2)ccc1C(=O)NOCCOC(=O)c1ccccc1. The average molecular weight is 548 g/mol. The van der Waals surface area contributed by atoms with E-state index in [2.05, 4.69) is 21.8 Å². The number of hydroxylamine groups is 1. The van der Waals surface area contributed by atoms with Crippen molar-refractivity contribution in [1.82, 2.24) is 15.4 Å². The lowest BCUT2D eigenvalue weighted by atomic mass is 10.0. The monoisotopic (exact) mass is 547 g/mol. The number of hydrogen-bond acceptors (Lipinski definition) is 8. The quantitative estimate of drug-likeness (QED) is 0.122. The van der Waals surface area contributed by atoms with E-state index in [0.717, 1.165) is 33.3 Å². The fourth-order valence-corrected chi connectivity index (χ4v) is 4.28. The van der Waals surface area contributed by atoms with Gasteiger partial charge in [0.2, 0.25) is 0 Å². The van der Waals surface area contributed by atoms with Crippen molar-refractivity contribution in [3.8, 4) is 11.3 Å². The Kier molecular flexibility index (Phi) is 8.46. The molecule has 0 atom stereocenters. The number of benzene rings is 3. The summed E-state index contributed by atoms with van der Waals surface area (Å²) < 4.78 is 5.14. The van der Waals surface area contributed by atoms with Crippen molar-refractivity contribution < 1.29 is 19.2 Å². The zero-order valence-electron chi connectivity index (χ0n) is 22.5. The number of anilines is 2. The van der Waals surface area contributed by atoms with Crippen LogP contribution in [0.15, 0.2) is 97.2 Å². The summed E-state index contributed by atoms with van der Waals surface area (Å²) in [5.74, 6) is -0.274. The minimum atomic E-state index is -0.451. The van der Waals surface area contributed by atoms with E-state index in [-0.39, 0.29) is 13.2 Å². The Morgan fingerprint density at radius 3 is 2.59 bits per heavy atom. The van der Waals surface area contributed by atoms with Crippen molar-refractivity contribution >= 4 is 34.3 Å². The Hall–Kier alpha value is -5.28. The summed E-state index contributed by atoms with van der Waals surface area (Å²) in [5, 5.41) is 4.40. The Morgan fingerprint density at radius 2 is 1.76 bits per heavy atom. The molecule has 2 aromatic heterocycles. The lowest BCUT2D eigenvalue weighted by Gasteiger charge is -2.13. The smallest absolute Gasteiger partial charge is 0.338 e. The number of nitrogens with one attached hydrogen (secondary N) is 2. The van der Waals surface area contributed by atoms with Gasteiger partial charge in [-0.25, -0.2) is 15.3 Å². The molecule has 5 rings (SSSR count). The first-order valence-electron chi connectivity index (χ1n) is 13.1. The van der Waals surface area contributed by atoms with Gasteiger partial charge in [0.05, 0.1) is 22.5 Å². The second kappa shape index (κ2) is 12.7. The molecule has 9 heteroatoms. The van der Waals surface area contributed by atoms with E-state index in [1.165, 1.54) is 0 Å². The average Bonchev–Trinajstić information content (AvgIpc) is 3.00. The van der Waals surface area contributed by atoms with Gasteiger partial charge in [-0.3, -0.25) is 14.6 Å². The van der Waals surface area contributed by atoms with Crippen molar-refractivity contribution in [3.05, 3.63) is 119 Å². The van der Waals surface area contributed by atoms with Gasteiger partial charge < -0.3 is 15.8 Å². The summed E-state index contributed by atoms with van der Waals surface area (Å²) in [6, 6.07) is 27.8. The third-order valence-corrected chi connectivity index (χ3v) is 6.41. The molecule has 0 radical (unpaired) electrons. The number of nitrogen functional groups attached to an aromatic ring is 1. The van der Waals surface area contributed by atoms with Crippen molar-refractivity contribution in [1.29, 1.82) is 0 Å². The van der Waals surface area contributed by atoms with Crippen molar-refractivity contribution in [2.75, 3.05) is 24.3 Å². The van der Waals surface area contributed by atoms with E-state index in [1.807, 2.05) is 61.5 Å². The van der Waals surface area contributed by atoms with Gasteiger partial charge in [-0.1, -0.05) is 36.4 Å². The van der Waals surface area contributed by atoms with Crippen molar-refractivity contribution in [2.24, 2.45) is 0 Å². The van der Waals surface area contributed by atoms with Crippen molar-refractivity contribution in [3.63, 3.8) is 0 Å². The molecular weight excluding hydrogens is 518 g/mol. The third-order valence-electron chi connectivity index (χ3n) is 6.41. The zero-order chi connectivity index (χ0) is 28.6. The molecule has 2 heterocycles. The molecule has 0 bridgehead atoms. The number of nitrogens with zero attached hydrogens (tertiary/aromatic N) is 2. The molecule has 3 aromatic carbocycles. The van der Waals surface area contributed by atoms with Crippen LogP contribution >= 0.6 is 0 Å². The number of rotatable bonds is 10. The number of esters is 1. The number of aryl methyl sites for hydroxylation is 1. The maximum absolute atomic E-state index is 12.6. The van der Waals surface area contributed by atoms with Crippen LogP contribution in [0.4, 0.5) is 11.5 Å². The number of hydrogen-bond donors (Lipinski definition) is 3. The van der Waals surface area contributed by atoms with Gasteiger partial charge in [-0.15, -0.1) is 0 Å². The molecule has 0 aliphatic carbocycles. The summed E-state index contributed by atoms with van der Waals surface area (Å²) >= 11 is 0. The second-order valence-corrected chi connectivity index (χ2v) is 9.33. The molecule has 0 saturated carbocycles. The second-order valence-electron chi connectivity index (χ2n) is 9.33. The van der Waals surface area contributed by atoms with E-state index in [0.29, 0.717) is 29.2 Å². The van der Waals surface area contributed by atoms with Crippen LogP contribution in [-0.4, -0.2) is 35.1 Å². The summed E-state index contributed by atoms with van der Waals surface area (Å²) in [5.41, 5.74) is 14.4. The fraction of sp³-hybridized carbons (Fsp3) is 0.125. The minimum absolute atomic E-state index is 0.00315. The molecule has 0 fully saturated rings. The molecule has 5 aromatic rings. The first-order valence-corrected chi connectivity index (χ1v) is 13.1. The number of fused-ring (bicyclic) bond motifs is 1. The van der Waals surface area contributed by atoms with Crippen LogP contribution in [0.3, 0.4) is 0 Å². The zero-order valence-corrected chi connectivity index (χ0v) is 22.5. The summed E-state index contributed by atoms with van der Waals surface area (Å²) in [6.07, 6.45) is 1.78. The lowest BCUT2D eigenvalue weighted by Crippen LogP contribution is -2.26. The number of nitrogens with two attached hydrogens (primary N) is 1. The molecule has 0 aliphatic heterocycles. The van der Waals surface area contributed by atoms with E-state index in [1.54, 1.807) is 36.5 Å². The Morgan fingerprint density at radius 1 is 0.902 bits per heavy atom. The minimum Gasteiger partial charge on any atom is -0.460 e. The molecule has 9 nitrogen and oxygen atoms in total. The number of aromatic nitrogens is 2. The summed E-state index contributed by atoms with van der Waals surface area (Å²) in [7, 11) is 0. The summed E-state index contributed by atoms with van der Waals surface area (Å²) in [6.45, 7) is 2.41. The van der Waals surface area contributed by atoms with Crippen LogP contribution < -0.4 is 16.5 Å². The number of pyridine rings is 2. The maximum atomic E-state index is 12.6. The van der Waals surface area contributed by atoms with Crippen LogP contribution in [0, 0.1) is 6.92 Å². The molecule has 0 saturated heterocycles. The van der Waals surface area contributed by atoms with Gasteiger partial charge in [-0.05, 0) is 72.6 Å². The number of ether oxygens (including phenoxy) is 1. The van der Waals surface area contributed by atoms with Crippen molar-refractivity contribution in [2.45, 2.75) is 13.5 Å². The molecule has 41 heavy (non-hydrogen) atoms. The molecule has 0 aliphatic rings. The highest BCUT2D eigenvalue weighted by Crippen LogP contribution is 2.26. The topological polar surface area (TPSA) is 128 Å². The summed E-state index contributed by atoms with van der Waals surface area (Å²) in [4.78, 5) is 38.9. The number of carbonyl (C=O) groups is 2. The Balaban J connectivity index is 1.16. The van der Waals surface area contributed by atoms with Gasteiger partial charge >= 0.3 is 5.97 Å². The third kappa shape index (κ3) is 6.84. The molecule has 206 valence electrons. The highest BCUT2D eigenvalue weighted by atomic mass is 16.7. The van der Waals surface area contributed by atoms with Crippen LogP contribution in [0.2, 0.25) is 0 Å². The van der Waals surface area contributed by atoms with E-state index in [9.17, 15) is 9.59 Å². The first-order chi connectivity index (χ1) is 20.0. The normalized spacial score (nSPS) is 10.8. The fourth-order valence-electron chi connectivity index (χ4n) is 4.28. The molecule has 0 spiro atoms. The number of carbonyl (C=O) groups excluding carboxylic acids is 2. The predicted molar refractivity (Wildman–Crippen MR) is 158 cm³/mol. The van der Waals surface area contributed by atoms with Crippen LogP contribution in [0.1, 0.15) is 31.8 Å². The van der Waals surface area contributed by atoms with Crippen LogP contribution in [-0.2, 0) is 16.1 Å². The Bertz CT molecular complexity index is 1690. The maximum Gasteiger partial charge on any atom is 0.338 e. The van der Waals surface area contributed by atoms with Gasteiger partial charge in [-0.2, -0.15) is 0 Å². The highest BCUT2D eigenvalue weighted by molar-refractivity contribution is 5.95. The molecular formula is C32H29N5O4. The lowest BCUT2D eigenvalue weighted by molar-refractivity contribution is 0.00309. The number of amides is 1. The van der Waals surface area contributed by atoms with Gasteiger partial charge in [0.25, 0.3) is 5.91 Å². The van der Waals surface area contributed by atoms with Gasteiger partial charge in [0.1, 0.15) is 19.0 Å². The molecule has 1 amide bonds.